The Morgan fingerprint density at radius 3 is 2.28 bits per heavy atom. The van der Waals surface area contributed by atoms with E-state index in [-0.39, 0.29) is 34.7 Å². The van der Waals surface area contributed by atoms with Gasteiger partial charge in [0.15, 0.2) is 5.79 Å². The first-order valence-electron chi connectivity index (χ1n) is 13.4. The zero-order valence-electron chi connectivity index (χ0n) is 20.4. The van der Waals surface area contributed by atoms with E-state index in [9.17, 15) is 15.3 Å². The van der Waals surface area contributed by atoms with Crippen LogP contribution in [0.5, 0.6) is 0 Å². The fourth-order valence-corrected chi connectivity index (χ4v) is 10.3. The summed E-state index contributed by atoms with van der Waals surface area (Å²) in [5, 5.41) is 32.1. The van der Waals surface area contributed by atoms with Crippen LogP contribution in [0.25, 0.3) is 0 Å². The summed E-state index contributed by atoms with van der Waals surface area (Å²) in [7, 11) is 0. The molecule has 5 heteroatoms. The summed E-state index contributed by atoms with van der Waals surface area (Å²) >= 11 is 0. The summed E-state index contributed by atoms with van der Waals surface area (Å²) in [4.78, 5) is 0. The minimum Gasteiger partial charge on any atom is -0.393 e. The predicted molar refractivity (Wildman–Crippen MR) is 121 cm³/mol. The summed E-state index contributed by atoms with van der Waals surface area (Å²) in [5.41, 5.74) is 0.146. The van der Waals surface area contributed by atoms with Crippen LogP contribution >= 0.6 is 0 Å². The molecule has 0 aromatic heterocycles. The molecule has 5 nitrogen and oxygen atoms in total. The molecule has 3 N–H and O–H groups in total. The fourth-order valence-electron chi connectivity index (χ4n) is 10.3. The number of rotatable bonds is 0. The number of hydrogen-bond donors (Lipinski definition) is 3. The quantitative estimate of drug-likeness (QED) is 0.526. The molecule has 0 bridgehead atoms. The van der Waals surface area contributed by atoms with Crippen molar-refractivity contribution in [3.8, 4) is 0 Å². The number of aliphatic hydroxyl groups is 3. The van der Waals surface area contributed by atoms with E-state index in [1.807, 2.05) is 0 Å². The molecule has 0 aromatic carbocycles. The molecule has 0 amide bonds. The highest BCUT2D eigenvalue weighted by molar-refractivity contribution is 5.16. The molecule has 6 aliphatic rings. The van der Waals surface area contributed by atoms with Gasteiger partial charge >= 0.3 is 0 Å². The Kier molecular flexibility index (Phi) is 4.99. The smallest absolute Gasteiger partial charge is 0.171 e. The van der Waals surface area contributed by atoms with Gasteiger partial charge in [-0.3, -0.25) is 0 Å². The van der Waals surface area contributed by atoms with Gasteiger partial charge in [-0.25, -0.2) is 0 Å². The van der Waals surface area contributed by atoms with Crippen molar-refractivity contribution in [1.29, 1.82) is 0 Å². The third kappa shape index (κ3) is 2.81. The Morgan fingerprint density at radius 2 is 1.56 bits per heavy atom. The monoisotopic (exact) mass is 448 g/mol. The molecule has 6 rings (SSSR count). The van der Waals surface area contributed by atoms with Crippen molar-refractivity contribution in [2.75, 3.05) is 6.61 Å². The summed E-state index contributed by atoms with van der Waals surface area (Å²) < 4.78 is 13.3. The van der Waals surface area contributed by atoms with Crippen LogP contribution < -0.4 is 0 Å². The second kappa shape index (κ2) is 7.16. The van der Waals surface area contributed by atoms with Crippen LogP contribution in [0.1, 0.15) is 79.1 Å². The van der Waals surface area contributed by atoms with E-state index >= 15 is 0 Å². The highest BCUT2D eigenvalue weighted by atomic mass is 16.7. The number of ether oxygens (including phenoxy) is 2. The Labute approximate surface area is 193 Å². The molecule has 0 aromatic rings. The van der Waals surface area contributed by atoms with Gasteiger partial charge in [-0.1, -0.05) is 27.7 Å². The van der Waals surface area contributed by atoms with Gasteiger partial charge in [0.25, 0.3) is 0 Å². The minimum absolute atomic E-state index is 0.0870. The SMILES string of the molecule is C[C@H]1CC[C@@]2(OC1)O[C@H]1C[C@H]3[C@@H]4C[C@@H](O)C5C[C@@H](O)[C@H](O)C[C@]5(C)[C@H]4CC[C@]3(C)[C@H]1[C@@H]2C. The molecule has 14 atom stereocenters. The van der Waals surface area contributed by atoms with Crippen molar-refractivity contribution in [1.82, 2.24) is 0 Å². The second-order valence-electron chi connectivity index (χ2n) is 13.4. The maximum Gasteiger partial charge on any atom is 0.171 e. The molecule has 2 aliphatic heterocycles. The van der Waals surface area contributed by atoms with Gasteiger partial charge in [0.05, 0.1) is 31.0 Å². The summed E-state index contributed by atoms with van der Waals surface area (Å²) in [5.74, 6) is 2.86. The first-order chi connectivity index (χ1) is 15.1. The zero-order chi connectivity index (χ0) is 22.6. The average molecular weight is 449 g/mol. The van der Waals surface area contributed by atoms with Crippen LogP contribution in [0.3, 0.4) is 0 Å². The average Bonchev–Trinajstić information content (AvgIpc) is 3.18. The maximum atomic E-state index is 11.3. The van der Waals surface area contributed by atoms with Crippen molar-refractivity contribution in [3.05, 3.63) is 0 Å². The summed E-state index contributed by atoms with van der Waals surface area (Å²) in [6.45, 7) is 10.3. The molecule has 1 spiro atoms. The standard InChI is InChI=1S/C27H44O5/c1-14-5-8-27(31-13-14)15(2)24-23(32-27)11-18-16-9-20(28)19-10-21(29)22(30)12-26(19,4)17(16)6-7-25(18,24)3/h14-24,28-30H,5-13H2,1-4H3/t14-,15-,16+,17-,18-,19?,20+,21+,22+,23-,24-,25-,26+,27+/m0/s1. The van der Waals surface area contributed by atoms with Gasteiger partial charge in [-0.2, -0.15) is 0 Å². The van der Waals surface area contributed by atoms with Crippen LogP contribution in [0.4, 0.5) is 0 Å². The number of fused-ring (bicyclic) bond motifs is 7. The predicted octanol–water partition coefficient (Wildman–Crippen LogP) is 3.74. The lowest BCUT2D eigenvalue weighted by molar-refractivity contribution is -0.273. The van der Waals surface area contributed by atoms with Gasteiger partial charge in [0.2, 0.25) is 0 Å². The Balaban J connectivity index is 1.28. The van der Waals surface area contributed by atoms with Crippen molar-refractivity contribution in [3.63, 3.8) is 0 Å². The van der Waals surface area contributed by atoms with Crippen molar-refractivity contribution >= 4 is 0 Å². The molecular formula is C27H44O5. The Bertz CT molecular complexity index is 748. The third-order valence-electron chi connectivity index (χ3n) is 12.0. The molecule has 32 heavy (non-hydrogen) atoms. The molecule has 6 fully saturated rings. The van der Waals surface area contributed by atoms with E-state index < -0.39 is 12.2 Å². The number of hydrogen-bond acceptors (Lipinski definition) is 5. The van der Waals surface area contributed by atoms with Crippen LogP contribution in [-0.4, -0.2) is 52.1 Å². The van der Waals surface area contributed by atoms with Crippen LogP contribution in [0.15, 0.2) is 0 Å². The Morgan fingerprint density at radius 1 is 0.781 bits per heavy atom. The van der Waals surface area contributed by atoms with Gasteiger partial charge < -0.3 is 24.8 Å². The van der Waals surface area contributed by atoms with Gasteiger partial charge in [-0.15, -0.1) is 0 Å². The first kappa shape index (κ1) is 22.3. The zero-order valence-corrected chi connectivity index (χ0v) is 20.4. The second-order valence-corrected chi connectivity index (χ2v) is 13.4. The highest BCUT2D eigenvalue weighted by Gasteiger charge is 2.70. The lowest BCUT2D eigenvalue weighted by atomic mass is 9.43. The van der Waals surface area contributed by atoms with Crippen LogP contribution in [-0.2, 0) is 9.47 Å². The van der Waals surface area contributed by atoms with E-state index in [0.29, 0.717) is 48.3 Å². The van der Waals surface area contributed by atoms with E-state index in [2.05, 4.69) is 27.7 Å². The van der Waals surface area contributed by atoms with E-state index in [0.717, 1.165) is 25.9 Å². The molecule has 2 saturated heterocycles. The van der Waals surface area contributed by atoms with Gasteiger partial charge in [0, 0.05) is 12.3 Å². The highest BCUT2D eigenvalue weighted by Crippen LogP contribution is 2.71. The molecule has 2 heterocycles. The molecule has 1 unspecified atom stereocenters. The van der Waals surface area contributed by atoms with E-state index in [1.54, 1.807) is 0 Å². The van der Waals surface area contributed by atoms with Crippen molar-refractivity contribution in [2.45, 2.75) is 109 Å². The van der Waals surface area contributed by atoms with Gasteiger partial charge in [-0.05, 0) is 91.3 Å². The molecule has 182 valence electrons. The fraction of sp³-hybridized carbons (Fsp3) is 1.00. The molecule has 4 saturated carbocycles. The Hall–Kier alpha value is -0.200. The molecule has 0 radical (unpaired) electrons. The van der Waals surface area contributed by atoms with E-state index in [4.69, 9.17) is 9.47 Å². The topological polar surface area (TPSA) is 79.2 Å². The minimum atomic E-state index is -0.692. The molecule has 4 aliphatic carbocycles. The van der Waals surface area contributed by atoms with Crippen molar-refractivity contribution in [2.24, 2.45) is 52.3 Å². The van der Waals surface area contributed by atoms with Gasteiger partial charge in [0.1, 0.15) is 0 Å². The first-order valence-corrected chi connectivity index (χ1v) is 13.4. The number of aliphatic hydroxyl groups excluding tert-OH is 3. The van der Waals surface area contributed by atoms with E-state index in [1.165, 1.54) is 19.3 Å². The lowest BCUT2D eigenvalue weighted by Gasteiger charge is -2.62. The normalized spacial score (nSPS) is 64.0. The lowest BCUT2D eigenvalue weighted by Crippen LogP contribution is -2.61. The van der Waals surface area contributed by atoms with Crippen LogP contribution in [0.2, 0.25) is 0 Å². The summed E-state index contributed by atoms with van der Waals surface area (Å²) in [6.07, 6.45) is 6.22. The molecular weight excluding hydrogens is 404 g/mol. The maximum absolute atomic E-state index is 11.3. The third-order valence-corrected chi connectivity index (χ3v) is 12.0. The largest absolute Gasteiger partial charge is 0.393 e. The summed E-state index contributed by atoms with van der Waals surface area (Å²) in [6, 6.07) is 0. The van der Waals surface area contributed by atoms with Crippen molar-refractivity contribution < 1.29 is 24.8 Å². The van der Waals surface area contributed by atoms with Crippen LogP contribution in [0, 0.1) is 52.3 Å².